The zero-order valence-corrected chi connectivity index (χ0v) is 14.5. The summed E-state index contributed by atoms with van der Waals surface area (Å²) in [5.41, 5.74) is 1.04. The number of hydrogen-bond donors (Lipinski definition) is 0. The zero-order valence-electron chi connectivity index (χ0n) is 14.5. The lowest BCUT2D eigenvalue weighted by molar-refractivity contribution is 0.547. The Labute approximate surface area is 126 Å². The van der Waals surface area contributed by atoms with Crippen LogP contribution in [0.4, 0.5) is 0 Å². The number of hydrogen-bond acceptors (Lipinski definition) is 2. The molecule has 0 saturated heterocycles. The van der Waals surface area contributed by atoms with Gasteiger partial charge in [-0.15, -0.1) is 6.58 Å². The molecule has 0 saturated carbocycles. The molecule has 0 aromatic carbocycles. The van der Waals surface area contributed by atoms with E-state index in [4.69, 9.17) is 0 Å². The van der Waals surface area contributed by atoms with Crippen molar-refractivity contribution >= 4 is 11.5 Å². The molecule has 0 aliphatic carbocycles. The minimum Gasteiger partial charge on any atom is -0.339 e. The van der Waals surface area contributed by atoms with Crippen LogP contribution in [-0.2, 0) is 0 Å². The van der Waals surface area contributed by atoms with Gasteiger partial charge in [-0.1, -0.05) is 51.7 Å². The fourth-order valence-corrected chi connectivity index (χ4v) is 1.09. The van der Waals surface area contributed by atoms with Gasteiger partial charge in [0, 0.05) is 14.1 Å². The van der Waals surface area contributed by atoms with E-state index < -0.39 is 0 Å². The topological polar surface area (TPSA) is 28.0 Å². The molecule has 20 heavy (non-hydrogen) atoms. The molecule has 0 amide bonds. The molecule has 116 valence electrons. The Balaban J connectivity index is -0.000000226. The largest absolute Gasteiger partial charge is 0.339 e. The number of allylic oxidation sites excluding steroid dienone is 4. The maximum Gasteiger partial charge on any atom is 0.145 e. The summed E-state index contributed by atoms with van der Waals surface area (Å²) < 4.78 is 0. The SMILES string of the molecule is C=C/C=C/C.C=CCC.CC.CN=C1C(C)=NCN1C. The van der Waals surface area contributed by atoms with E-state index in [1.54, 1.807) is 13.1 Å². The van der Waals surface area contributed by atoms with E-state index in [0.29, 0.717) is 0 Å². The average Bonchev–Trinajstić information content (AvgIpc) is 2.81. The highest BCUT2D eigenvalue weighted by atomic mass is 15.3. The number of aliphatic imine (C=N–C) groups is 2. The van der Waals surface area contributed by atoms with Crippen LogP contribution in [0.1, 0.15) is 41.0 Å². The molecule has 0 bridgehead atoms. The van der Waals surface area contributed by atoms with Crippen LogP contribution in [-0.4, -0.2) is 37.2 Å². The highest BCUT2D eigenvalue weighted by Gasteiger charge is 2.13. The lowest BCUT2D eigenvalue weighted by Crippen LogP contribution is -2.24. The second-order valence-electron chi connectivity index (χ2n) is 3.59. The van der Waals surface area contributed by atoms with Crippen LogP contribution < -0.4 is 0 Å². The summed E-state index contributed by atoms with van der Waals surface area (Å²) in [6.07, 6.45) is 8.53. The first-order valence-electron chi connectivity index (χ1n) is 7.12. The predicted molar refractivity (Wildman–Crippen MR) is 95.9 cm³/mol. The minimum atomic E-state index is 0.762. The molecule has 0 spiro atoms. The van der Waals surface area contributed by atoms with Crippen LogP contribution in [0.25, 0.3) is 0 Å². The molecule has 0 radical (unpaired) electrons. The Kier molecular flexibility index (Phi) is 23.1. The van der Waals surface area contributed by atoms with Crippen LogP contribution in [0, 0.1) is 0 Å². The Morgan fingerprint density at radius 3 is 1.95 bits per heavy atom. The highest BCUT2D eigenvalue weighted by molar-refractivity contribution is 6.41. The molecule has 0 aromatic rings. The van der Waals surface area contributed by atoms with Crippen LogP contribution in [0.5, 0.6) is 0 Å². The van der Waals surface area contributed by atoms with Gasteiger partial charge >= 0.3 is 0 Å². The normalized spacial score (nSPS) is 14.2. The molecule has 3 nitrogen and oxygen atoms in total. The van der Waals surface area contributed by atoms with Crippen LogP contribution in [0.3, 0.4) is 0 Å². The number of rotatable bonds is 2. The quantitative estimate of drug-likeness (QED) is 0.530. The lowest BCUT2D eigenvalue weighted by Gasteiger charge is -2.08. The summed E-state index contributed by atoms with van der Waals surface area (Å²) >= 11 is 0. The minimum absolute atomic E-state index is 0.762. The third-order valence-corrected chi connectivity index (χ3v) is 2.03. The first kappa shape index (κ1) is 23.5. The van der Waals surface area contributed by atoms with Gasteiger partial charge in [-0.05, 0) is 20.3 Å². The summed E-state index contributed by atoms with van der Waals surface area (Å²) in [7, 11) is 3.78. The number of nitrogens with zero attached hydrogens (tertiary/aromatic N) is 3. The first-order chi connectivity index (χ1) is 9.58. The van der Waals surface area contributed by atoms with Gasteiger partial charge in [-0.2, -0.15) is 0 Å². The molecule has 0 atom stereocenters. The lowest BCUT2D eigenvalue weighted by atomic mass is 10.4. The third-order valence-electron chi connectivity index (χ3n) is 2.03. The fourth-order valence-electron chi connectivity index (χ4n) is 1.09. The summed E-state index contributed by atoms with van der Waals surface area (Å²) in [5.74, 6) is 1.01. The van der Waals surface area contributed by atoms with E-state index in [0.717, 1.165) is 24.6 Å². The maximum atomic E-state index is 4.18. The van der Waals surface area contributed by atoms with E-state index >= 15 is 0 Å². The van der Waals surface area contributed by atoms with Gasteiger partial charge in [0.05, 0.1) is 5.71 Å². The van der Waals surface area contributed by atoms with Gasteiger partial charge in [-0.3, -0.25) is 9.98 Å². The molecule has 1 aliphatic heterocycles. The van der Waals surface area contributed by atoms with Crippen molar-refractivity contribution in [2.45, 2.75) is 41.0 Å². The van der Waals surface area contributed by atoms with E-state index in [2.05, 4.69) is 30.1 Å². The van der Waals surface area contributed by atoms with Gasteiger partial charge in [0.2, 0.25) is 0 Å². The number of amidine groups is 1. The van der Waals surface area contributed by atoms with Crippen molar-refractivity contribution in [3.05, 3.63) is 37.5 Å². The molecular formula is C17H33N3. The molecular weight excluding hydrogens is 246 g/mol. The Hall–Kier alpha value is -1.64. The van der Waals surface area contributed by atoms with Gasteiger partial charge in [0.15, 0.2) is 0 Å². The van der Waals surface area contributed by atoms with Crippen molar-refractivity contribution in [3.63, 3.8) is 0 Å². The Morgan fingerprint density at radius 1 is 1.35 bits per heavy atom. The first-order valence-corrected chi connectivity index (χ1v) is 7.12. The highest BCUT2D eigenvalue weighted by Crippen LogP contribution is 1.99. The van der Waals surface area contributed by atoms with E-state index in [-0.39, 0.29) is 0 Å². The van der Waals surface area contributed by atoms with Crippen LogP contribution in [0.15, 0.2) is 47.4 Å². The summed E-state index contributed by atoms with van der Waals surface area (Å²) in [5, 5.41) is 0. The molecule has 0 unspecified atom stereocenters. The van der Waals surface area contributed by atoms with Crippen molar-refractivity contribution in [3.8, 4) is 0 Å². The fraction of sp³-hybridized carbons (Fsp3) is 0.529. The van der Waals surface area contributed by atoms with E-state index in [1.807, 2.05) is 57.9 Å². The van der Waals surface area contributed by atoms with Crippen LogP contribution >= 0.6 is 0 Å². The van der Waals surface area contributed by atoms with Gasteiger partial charge in [0.25, 0.3) is 0 Å². The average molecular weight is 279 g/mol. The van der Waals surface area contributed by atoms with Gasteiger partial charge in [0.1, 0.15) is 12.5 Å². The molecule has 1 rings (SSSR count). The molecule has 3 heteroatoms. The molecule has 0 fully saturated rings. The van der Waals surface area contributed by atoms with Gasteiger partial charge < -0.3 is 4.90 Å². The third kappa shape index (κ3) is 14.4. The molecule has 0 aromatic heterocycles. The molecule has 1 heterocycles. The summed E-state index contributed by atoms with van der Waals surface area (Å²) in [4.78, 5) is 10.3. The van der Waals surface area contributed by atoms with Crippen molar-refractivity contribution in [2.75, 3.05) is 20.8 Å². The van der Waals surface area contributed by atoms with Crippen molar-refractivity contribution in [1.29, 1.82) is 0 Å². The maximum absolute atomic E-state index is 4.18. The second kappa shape index (κ2) is 19.7. The molecule has 0 N–H and O–H groups in total. The van der Waals surface area contributed by atoms with Crippen LogP contribution in [0.2, 0.25) is 0 Å². The molecule has 1 aliphatic rings. The second-order valence-corrected chi connectivity index (χ2v) is 3.59. The van der Waals surface area contributed by atoms with Crippen molar-refractivity contribution in [2.24, 2.45) is 9.98 Å². The Morgan fingerprint density at radius 2 is 1.85 bits per heavy atom. The van der Waals surface area contributed by atoms with E-state index in [1.165, 1.54) is 0 Å². The van der Waals surface area contributed by atoms with Crippen molar-refractivity contribution < 1.29 is 0 Å². The van der Waals surface area contributed by atoms with E-state index in [9.17, 15) is 0 Å². The zero-order chi connectivity index (χ0) is 16.4. The summed E-state index contributed by atoms with van der Waals surface area (Å²) in [6, 6.07) is 0. The smallest absolute Gasteiger partial charge is 0.145 e. The standard InChI is InChI=1S/C6H11N3.C5H8.C4H8.C2H6/c1-5-6(7-2)9(3)4-8-5;1-3-5-4-2;1-3-4-2;1-2/h4H2,1-3H3;3-5H,1H2,2H3;3H,1,4H2,2H3;1-2H3/b;5-4+;;. The Bertz CT molecular complexity index is 312. The van der Waals surface area contributed by atoms with Gasteiger partial charge in [-0.25, -0.2) is 0 Å². The monoisotopic (exact) mass is 279 g/mol. The summed E-state index contributed by atoms with van der Waals surface area (Å²) in [6.45, 7) is 17.7. The predicted octanol–water partition coefficient (Wildman–Crippen LogP) is 4.74. The van der Waals surface area contributed by atoms with Crippen molar-refractivity contribution in [1.82, 2.24) is 4.90 Å².